The first kappa shape index (κ1) is 9.72. The van der Waals surface area contributed by atoms with Crippen molar-refractivity contribution in [2.75, 3.05) is 0 Å². The molecule has 1 nitrogen and oxygen atoms in total. The van der Waals surface area contributed by atoms with Gasteiger partial charge in [0.2, 0.25) is 0 Å². The number of nitrogens with one attached hydrogen (secondary N) is 1. The van der Waals surface area contributed by atoms with Crippen LogP contribution >= 0.6 is 0 Å². The van der Waals surface area contributed by atoms with E-state index in [2.05, 4.69) is 43.4 Å². The van der Waals surface area contributed by atoms with Crippen LogP contribution in [0, 0.1) is 0 Å². The SMILES string of the molecule is CC[C@@H](C)N[C@H]1CCc2ccccc21. The number of hydrogen-bond acceptors (Lipinski definition) is 1. The first-order valence-corrected chi connectivity index (χ1v) is 5.65. The van der Waals surface area contributed by atoms with E-state index in [1.807, 2.05) is 0 Å². The van der Waals surface area contributed by atoms with Gasteiger partial charge in [-0.05, 0) is 37.3 Å². The smallest absolute Gasteiger partial charge is 0.0328 e. The van der Waals surface area contributed by atoms with E-state index in [1.54, 1.807) is 0 Å². The molecule has 2 rings (SSSR count). The minimum Gasteiger partial charge on any atom is -0.307 e. The summed E-state index contributed by atoms with van der Waals surface area (Å²) < 4.78 is 0. The van der Waals surface area contributed by atoms with E-state index in [9.17, 15) is 0 Å². The summed E-state index contributed by atoms with van der Waals surface area (Å²) >= 11 is 0. The van der Waals surface area contributed by atoms with Gasteiger partial charge in [-0.25, -0.2) is 0 Å². The Labute approximate surface area is 86.5 Å². The highest BCUT2D eigenvalue weighted by molar-refractivity contribution is 5.34. The maximum absolute atomic E-state index is 3.68. The van der Waals surface area contributed by atoms with Crippen molar-refractivity contribution in [3.63, 3.8) is 0 Å². The van der Waals surface area contributed by atoms with Crippen LogP contribution in [0.3, 0.4) is 0 Å². The van der Waals surface area contributed by atoms with Crippen LogP contribution in [0.15, 0.2) is 24.3 Å². The summed E-state index contributed by atoms with van der Waals surface area (Å²) in [4.78, 5) is 0. The lowest BCUT2D eigenvalue weighted by Crippen LogP contribution is -2.28. The quantitative estimate of drug-likeness (QED) is 0.770. The van der Waals surface area contributed by atoms with Crippen molar-refractivity contribution in [3.05, 3.63) is 35.4 Å². The number of rotatable bonds is 3. The molecule has 0 aliphatic heterocycles. The van der Waals surface area contributed by atoms with Gasteiger partial charge in [0.05, 0.1) is 0 Å². The zero-order valence-electron chi connectivity index (χ0n) is 9.09. The van der Waals surface area contributed by atoms with Crippen molar-refractivity contribution in [2.45, 2.75) is 45.2 Å². The van der Waals surface area contributed by atoms with Crippen LogP contribution in [0.5, 0.6) is 0 Å². The van der Waals surface area contributed by atoms with Crippen LogP contribution in [0.25, 0.3) is 0 Å². The van der Waals surface area contributed by atoms with Crippen LogP contribution in [0.1, 0.15) is 43.9 Å². The molecule has 1 aromatic rings. The van der Waals surface area contributed by atoms with Gasteiger partial charge >= 0.3 is 0 Å². The van der Waals surface area contributed by atoms with E-state index >= 15 is 0 Å². The van der Waals surface area contributed by atoms with Gasteiger partial charge in [0.25, 0.3) is 0 Å². The molecule has 1 aromatic carbocycles. The molecule has 0 unspecified atom stereocenters. The maximum atomic E-state index is 3.68. The van der Waals surface area contributed by atoms with Crippen LogP contribution in [0.2, 0.25) is 0 Å². The summed E-state index contributed by atoms with van der Waals surface area (Å²) in [6, 6.07) is 10.0. The fourth-order valence-electron chi connectivity index (χ4n) is 2.19. The third-order valence-electron chi connectivity index (χ3n) is 3.23. The Bertz CT molecular complexity index is 306. The molecule has 1 heteroatoms. The summed E-state index contributed by atoms with van der Waals surface area (Å²) in [7, 11) is 0. The van der Waals surface area contributed by atoms with Crippen molar-refractivity contribution in [2.24, 2.45) is 0 Å². The normalized spacial score (nSPS) is 22.0. The van der Waals surface area contributed by atoms with Gasteiger partial charge in [-0.15, -0.1) is 0 Å². The van der Waals surface area contributed by atoms with E-state index in [1.165, 1.54) is 30.4 Å². The molecule has 76 valence electrons. The van der Waals surface area contributed by atoms with Gasteiger partial charge in [-0.1, -0.05) is 31.2 Å². The highest BCUT2D eigenvalue weighted by Crippen LogP contribution is 2.31. The molecule has 1 aliphatic rings. The van der Waals surface area contributed by atoms with Gasteiger partial charge in [0, 0.05) is 12.1 Å². The Balaban J connectivity index is 2.10. The summed E-state index contributed by atoms with van der Waals surface area (Å²) in [6.45, 7) is 4.50. The van der Waals surface area contributed by atoms with E-state index in [4.69, 9.17) is 0 Å². The third-order valence-corrected chi connectivity index (χ3v) is 3.23. The van der Waals surface area contributed by atoms with Crippen LogP contribution in [-0.2, 0) is 6.42 Å². The summed E-state index contributed by atoms with van der Waals surface area (Å²) in [5, 5.41) is 3.68. The molecule has 2 atom stereocenters. The predicted octanol–water partition coefficient (Wildman–Crippen LogP) is 3.06. The van der Waals surface area contributed by atoms with E-state index in [-0.39, 0.29) is 0 Å². The second-order valence-electron chi connectivity index (χ2n) is 4.27. The van der Waals surface area contributed by atoms with Gasteiger partial charge in [0.1, 0.15) is 0 Å². The van der Waals surface area contributed by atoms with Crippen molar-refractivity contribution in [3.8, 4) is 0 Å². The monoisotopic (exact) mass is 189 g/mol. The van der Waals surface area contributed by atoms with Gasteiger partial charge in [-0.2, -0.15) is 0 Å². The fraction of sp³-hybridized carbons (Fsp3) is 0.538. The number of hydrogen-bond donors (Lipinski definition) is 1. The average Bonchev–Trinajstić information content (AvgIpc) is 2.62. The Morgan fingerprint density at radius 3 is 3.00 bits per heavy atom. The topological polar surface area (TPSA) is 12.0 Å². The summed E-state index contributed by atoms with van der Waals surface area (Å²) in [5.74, 6) is 0. The zero-order valence-corrected chi connectivity index (χ0v) is 9.09. The highest BCUT2D eigenvalue weighted by atomic mass is 14.9. The molecule has 0 fully saturated rings. The molecular formula is C13H19N. The maximum Gasteiger partial charge on any atom is 0.0328 e. The molecule has 14 heavy (non-hydrogen) atoms. The lowest BCUT2D eigenvalue weighted by Gasteiger charge is -2.18. The molecule has 1 N–H and O–H groups in total. The van der Waals surface area contributed by atoms with Gasteiger partial charge in [0.15, 0.2) is 0 Å². The standard InChI is InChI=1S/C13H19N/c1-3-10(2)14-13-9-8-11-6-4-5-7-12(11)13/h4-7,10,13-14H,3,8-9H2,1-2H3/t10-,13+/m1/s1. The van der Waals surface area contributed by atoms with Gasteiger partial charge in [-0.3, -0.25) is 0 Å². The molecule has 0 spiro atoms. The Morgan fingerprint density at radius 2 is 2.21 bits per heavy atom. The van der Waals surface area contributed by atoms with Crippen molar-refractivity contribution in [1.29, 1.82) is 0 Å². The first-order chi connectivity index (χ1) is 6.81. The van der Waals surface area contributed by atoms with Crippen LogP contribution < -0.4 is 5.32 Å². The molecule has 0 aromatic heterocycles. The molecule has 0 amide bonds. The minimum atomic E-state index is 0.598. The highest BCUT2D eigenvalue weighted by Gasteiger charge is 2.22. The predicted molar refractivity (Wildman–Crippen MR) is 60.4 cm³/mol. The molecule has 1 aliphatic carbocycles. The van der Waals surface area contributed by atoms with E-state index in [0.29, 0.717) is 12.1 Å². The Morgan fingerprint density at radius 1 is 1.43 bits per heavy atom. The van der Waals surface area contributed by atoms with Crippen molar-refractivity contribution in [1.82, 2.24) is 5.32 Å². The van der Waals surface area contributed by atoms with Gasteiger partial charge < -0.3 is 5.32 Å². The fourth-order valence-corrected chi connectivity index (χ4v) is 2.19. The lowest BCUT2D eigenvalue weighted by molar-refractivity contribution is 0.445. The summed E-state index contributed by atoms with van der Waals surface area (Å²) in [5.41, 5.74) is 3.06. The van der Waals surface area contributed by atoms with Crippen LogP contribution in [-0.4, -0.2) is 6.04 Å². The average molecular weight is 189 g/mol. The van der Waals surface area contributed by atoms with E-state index < -0.39 is 0 Å². The molecule has 0 saturated carbocycles. The second-order valence-corrected chi connectivity index (χ2v) is 4.27. The Kier molecular flexibility index (Phi) is 2.87. The molecule has 0 radical (unpaired) electrons. The lowest BCUT2D eigenvalue weighted by atomic mass is 10.1. The van der Waals surface area contributed by atoms with Crippen LogP contribution in [0.4, 0.5) is 0 Å². The van der Waals surface area contributed by atoms with E-state index in [0.717, 1.165) is 0 Å². The molecule has 0 heterocycles. The number of aryl methyl sites for hydroxylation is 1. The Hall–Kier alpha value is -0.820. The molecule has 0 bridgehead atoms. The van der Waals surface area contributed by atoms with Crippen molar-refractivity contribution >= 4 is 0 Å². The second kappa shape index (κ2) is 4.14. The number of fused-ring (bicyclic) bond motifs is 1. The first-order valence-electron chi connectivity index (χ1n) is 5.65. The van der Waals surface area contributed by atoms with Crippen molar-refractivity contribution < 1.29 is 0 Å². The third kappa shape index (κ3) is 1.83. The largest absolute Gasteiger partial charge is 0.307 e. The number of benzene rings is 1. The minimum absolute atomic E-state index is 0.598. The molecule has 0 saturated heterocycles. The molecular weight excluding hydrogens is 170 g/mol. The summed E-state index contributed by atoms with van der Waals surface area (Å²) in [6.07, 6.45) is 3.71. The zero-order chi connectivity index (χ0) is 9.97.